The van der Waals surface area contributed by atoms with Crippen LogP contribution in [0.4, 0.5) is 14.9 Å². The smallest absolute Gasteiger partial charge is 0.338 e. The Balaban J connectivity index is 2.34. The zero-order chi connectivity index (χ0) is 13.3. The van der Waals surface area contributed by atoms with Crippen LogP contribution in [0.5, 0.6) is 0 Å². The number of urea groups is 1. The van der Waals surface area contributed by atoms with E-state index in [1.165, 1.54) is 11.0 Å². The third-order valence-corrected chi connectivity index (χ3v) is 2.55. The van der Waals surface area contributed by atoms with Crippen LogP contribution < -0.4 is 10.2 Å². The number of carbonyl (C=O) groups is 3. The molecule has 7 heteroatoms. The van der Waals surface area contributed by atoms with E-state index < -0.39 is 29.3 Å². The van der Waals surface area contributed by atoms with Crippen LogP contribution in [-0.4, -0.2) is 29.6 Å². The molecular weight excluding hydrogens is 243 g/mol. The van der Waals surface area contributed by atoms with Gasteiger partial charge in [0.05, 0.1) is 5.56 Å². The summed E-state index contributed by atoms with van der Waals surface area (Å²) in [5.41, 5.74) is -0.281. The number of amides is 3. The highest BCUT2D eigenvalue weighted by molar-refractivity contribution is 6.06. The number of carbonyl (C=O) groups excluding carboxylic acids is 2. The Morgan fingerprint density at radius 1 is 1.39 bits per heavy atom. The number of benzene rings is 1. The molecule has 0 aliphatic carbocycles. The minimum atomic E-state index is -1.41. The molecule has 18 heavy (non-hydrogen) atoms. The first kappa shape index (κ1) is 12.0. The number of halogens is 1. The summed E-state index contributed by atoms with van der Waals surface area (Å²) < 4.78 is 13.2. The molecule has 1 aliphatic rings. The maximum absolute atomic E-state index is 13.2. The van der Waals surface area contributed by atoms with Crippen molar-refractivity contribution in [3.05, 3.63) is 29.6 Å². The number of hydrogen-bond donors (Lipinski definition) is 2. The van der Waals surface area contributed by atoms with Crippen LogP contribution in [-0.2, 0) is 4.79 Å². The van der Waals surface area contributed by atoms with E-state index in [-0.39, 0.29) is 18.7 Å². The number of anilines is 1. The van der Waals surface area contributed by atoms with Gasteiger partial charge in [0.15, 0.2) is 0 Å². The molecule has 0 radical (unpaired) electrons. The number of hydrogen-bond acceptors (Lipinski definition) is 3. The molecule has 1 saturated heterocycles. The average Bonchev–Trinajstić information content (AvgIpc) is 2.30. The van der Waals surface area contributed by atoms with Gasteiger partial charge in [0, 0.05) is 18.7 Å². The fraction of sp³-hybridized carbons (Fsp3) is 0.182. The van der Waals surface area contributed by atoms with Crippen molar-refractivity contribution in [1.82, 2.24) is 5.32 Å². The first-order valence-electron chi connectivity index (χ1n) is 5.13. The van der Waals surface area contributed by atoms with Crippen molar-refractivity contribution in [2.24, 2.45) is 0 Å². The largest absolute Gasteiger partial charge is 0.478 e. The summed E-state index contributed by atoms with van der Waals surface area (Å²) >= 11 is 0. The quantitative estimate of drug-likeness (QED) is 0.821. The highest BCUT2D eigenvalue weighted by atomic mass is 19.1. The summed E-state index contributed by atoms with van der Waals surface area (Å²) in [6, 6.07) is 2.68. The van der Waals surface area contributed by atoms with E-state index in [0.29, 0.717) is 0 Å². The van der Waals surface area contributed by atoms with Crippen molar-refractivity contribution in [3.8, 4) is 0 Å². The predicted molar refractivity (Wildman–Crippen MR) is 58.9 cm³/mol. The zero-order valence-electron chi connectivity index (χ0n) is 9.14. The van der Waals surface area contributed by atoms with Crippen molar-refractivity contribution < 1.29 is 23.9 Å². The van der Waals surface area contributed by atoms with E-state index in [0.717, 1.165) is 12.1 Å². The molecule has 1 fully saturated rings. The Bertz CT molecular complexity index is 544. The maximum atomic E-state index is 13.2. The van der Waals surface area contributed by atoms with Gasteiger partial charge in [-0.2, -0.15) is 0 Å². The number of nitrogens with one attached hydrogen (secondary N) is 1. The normalized spacial score (nSPS) is 15.5. The van der Waals surface area contributed by atoms with Crippen LogP contribution in [0.3, 0.4) is 0 Å². The highest BCUT2D eigenvalue weighted by Crippen LogP contribution is 2.20. The van der Waals surface area contributed by atoms with Crippen LogP contribution in [0.15, 0.2) is 18.2 Å². The molecule has 0 bridgehead atoms. The van der Waals surface area contributed by atoms with Crippen molar-refractivity contribution in [3.63, 3.8) is 0 Å². The van der Waals surface area contributed by atoms with Crippen molar-refractivity contribution in [1.29, 1.82) is 0 Å². The average molecular weight is 252 g/mol. The number of nitrogens with zero attached hydrogens (tertiary/aromatic N) is 1. The molecule has 94 valence electrons. The number of carboxylic acid groups (broad SMARTS) is 1. The molecule has 2 N–H and O–H groups in total. The predicted octanol–water partition coefficient (Wildman–Crippen LogP) is 0.970. The molecule has 0 aromatic heterocycles. The molecular formula is C11H9FN2O4. The van der Waals surface area contributed by atoms with Gasteiger partial charge >= 0.3 is 12.0 Å². The summed E-state index contributed by atoms with van der Waals surface area (Å²) in [7, 11) is 0. The molecule has 6 nitrogen and oxygen atoms in total. The first-order valence-corrected chi connectivity index (χ1v) is 5.13. The lowest BCUT2D eigenvalue weighted by Gasteiger charge is -2.26. The molecule has 0 spiro atoms. The highest BCUT2D eigenvalue weighted by Gasteiger charge is 2.25. The van der Waals surface area contributed by atoms with Gasteiger partial charge in [0.1, 0.15) is 5.82 Å². The first-order chi connectivity index (χ1) is 8.49. The van der Waals surface area contributed by atoms with Gasteiger partial charge in [-0.25, -0.2) is 14.0 Å². The van der Waals surface area contributed by atoms with Gasteiger partial charge < -0.3 is 5.11 Å². The standard InChI is InChI=1S/C11H9FN2O4/c12-8-2-1-6(5-7(8)10(16)17)14-4-3-9(15)13-11(14)18/h1-2,5H,3-4H2,(H,16,17)(H,13,15,18). The number of imide groups is 1. The monoisotopic (exact) mass is 252 g/mol. The second kappa shape index (κ2) is 4.44. The van der Waals surface area contributed by atoms with Gasteiger partial charge in [-0.15, -0.1) is 0 Å². The van der Waals surface area contributed by atoms with Gasteiger partial charge in [-0.3, -0.25) is 15.0 Å². The van der Waals surface area contributed by atoms with E-state index in [9.17, 15) is 18.8 Å². The molecule has 2 rings (SSSR count). The molecule has 1 aromatic rings. The van der Waals surface area contributed by atoms with E-state index in [4.69, 9.17) is 5.11 Å². The molecule has 0 unspecified atom stereocenters. The summed E-state index contributed by atoms with van der Waals surface area (Å²) in [6.07, 6.45) is 0.117. The van der Waals surface area contributed by atoms with Gasteiger partial charge in [0.25, 0.3) is 0 Å². The van der Waals surface area contributed by atoms with Crippen LogP contribution in [0, 0.1) is 5.82 Å². The topological polar surface area (TPSA) is 86.7 Å². The van der Waals surface area contributed by atoms with E-state index >= 15 is 0 Å². The van der Waals surface area contributed by atoms with Gasteiger partial charge in [-0.1, -0.05) is 0 Å². The minimum absolute atomic E-state index is 0.117. The summed E-state index contributed by atoms with van der Waals surface area (Å²) in [4.78, 5) is 34.5. The van der Waals surface area contributed by atoms with Gasteiger partial charge in [-0.05, 0) is 18.2 Å². The fourth-order valence-corrected chi connectivity index (χ4v) is 1.66. The number of carboxylic acids is 1. The Labute approximate surface area is 101 Å². The summed E-state index contributed by atoms with van der Waals surface area (Å²) in [5, 5.41) is 10.9. The number of aromatic carboxylic acids is 1. The zero-order valence-corrected chi connectivity index (χ0v) is 9.14. The van der Waals surface area contributed by atoms with E-state index in [2.05, 4.69) is 5.32 Å². The molecule has 1 aliphatic heterocycles. The Kier molecular flexibility index (Phi) is 2.97. The van der Waals surface area contributed by atoms with Gasteiger partial charge in [0.2, 0.25) is 5.91 Å². The lowest BCUT2D eigenvalue weighted by atomic mass is 10.1. The molecule has 1 heterocycles. The van der Waals surface area contributed by atoms with Crippen LogP contribution in [0.2, 0.25) is 0 Å². The molecule has 0 saturated carbocycles. The minimum Gasteiger partial charge on any atom is -0.478 e. The SMILES string of the molecule is O=C1CCN(c2ccc(F)c(C(=O)O)c2)C(=O)N1. The summed E-state index contributed by atoms with van der Waals surface area (Å²) in [6.45, 7) is 0.134. The van der Waals surface area contributed by atoms with Crippen molar-refractivity contribution in [2.75, 3.05) is 11.4 Å². The molecule has 1 aromatic carbocycles. The maximum Gasteiger partial charge on any atom is 0.338 e. The summed E-state index contributed by atoms with van der Waals surface area (Å²) in [5.74, 6) is -2.68. The van der Waals surface area contributed by atoms with E-state index in [1.807, 2.05) is 0 Å². The Hall–Kier alpha value is -2.44. The van der Waals surface area contributed by atoms with Crippen molar-refractivity contribution in [2.45, 2.75) is 6.42 Å². The fourth-order valence-electron chi connectivity index (χ4n) is 1.66. The Morgan fingerprint density at radius 2 is 2.11 bits per heavy atom. The van der Waals surface area contributed by atoms with Crippen molar-refractivity contribution >= 4 is 23.6 Å². The Morgan fingerprint density at radius 3 is 2.72 bits per heavy atom. The molecule has 0 atom stereocenters. The third-order valence-electron chi connectivity index (χ3n) is 2.55. The molecule has 3 amide bonds. The third kappa shape index (κ3) is 2.15. The number of rotatable bonds is 2. The lowest BCUT2D eigenvalue weighted by molar-refractivity contribution is -0.120. The van der Waals surface area contributed by atoms with Crippen LogP contribution >= 0.6 is 0 Å². The second-order valence-electron chi connectivity index (χ2n) is 3.72. The second-order valence-corrected chi connectivity index (χ2v) is 3.72. The van der Waals surface area contributed by atoms with E-state index in [1.54, 1.807) is 0 Å². The lowest BCUT2D eigenvalue weighted by Crippen LogP contribution is -2.49. The van der Waals surface area contributed by atoms with Crippen LogP contribution in [0.25, 0.3) is 0 Å². The van der Waals surface area contributed by atoms with Crippen LogP contribution in [0.1, 0.15) is 16.8 Å².